The second kappa shape index (κ2) is 2.13. The molecule has 0 amide bonds. The van der Waals surface area contributed by atoms with E-state index in [4.69, 9.17) is 5.11 Å². The molecule has 1 heterocycles. The first kappa shape index (κ1) is 6.80. The van der Waals surface area contributed by atoms with Crippen molar-refractivity contribution in [2.75, 3.05) is 0 Å². The highest BCUT2D eigenvalue weighted by atomic mass is 16.5. The summed E-state index contributed by atoms with van der Waals surface area (Å²) in [4.78, 5) is 13.9. The molecule has 1 rings (SSSR count). The third-order valence-corrected chi connectivity index (χ3v) is 1.07. The summed E-state index contributed by atoms with van der Waals surface area (Å²) in [5, 5.41) is 8.48. The van der Waals surface area contributed by atoms with Crippen LogP contribution in [0.5, 0.6) is 0 Å². The van der Waals surface area contributed by atoms with Gasteiger partial charge < -0.3 is 9.84 Å². The third kappa shape index (κ3) is 1.00. The molecule has 1 aliphatic heterocycles. The molecule has 0 aliphatic carbocycles. The highest BCUT2D eigenvalue weighted by Crippen LogP contribution is 2.10. The summed E-state index contributed by atoms with van der Waals surface area (Å²) in [5.74, 6) is -1.15. The van der Waals surface area contributed by atoms with Crippen LogP contribution in [-0.2, 0) is 9.53 Å². The third-order valence-electron chi connectivity index (χ3n) is 1.07. The molecule has 0 spiro atoms. The largest absolute Gasteiger partial charge is 0.478 e. The van der Waals surface area contributed by atoms with E-state index >= 15 is 0 Å². The predicted molar refractivity (Wildman–Crippen MR) is 34.4 cm³/mol. The first-order chi connectivity index (χ1) is 4.65. The van der Waals surface area contributed by atoms with Gasteiger partial charge >= 0.3 is 5.97 Å². The number of aliphatic carboxylic acids is 1. The van der Waals surface area contributed by atoms with E-state index in [9.17, 15) is 4.79 Å². The van der Waals surface area contributed by atoms with Crippen molar-refractivity contribution in [3.05, 3.63) is 19.4 Å². The molecule has 1 atom stereocenters. The fraction of sp³-hybridized carbons (Fsp3) is 0.167. The minimum absolute atomic E-state index is 1.13. The summed E-state index contributed by atoms with van der Waals surface area (Å²) in [6.45, 7) is 3.31. The standard InChI is InChI=1S/C6H6NO3/c1-6(5(8)9)4-7-2-3-10-6/h2-4H,1H2,(H,8,9). The van der Waals surface area contributed by atoms with Gasteiger partial charge in [0.1, 0.15) is 6.26 Å². The summed E-state index contributed by atoms with van der Waals surface area (Å²) < 4.78 is 4.69. The molecule has 1 aliphatic rings. The van der Waals surface area contributed by atoms with Crippen LogP contribution in [0.25, 0.3) is 0 Å². The molecule has 0 fully saturated rings. The zero-order valence-corrected chi connectivity index (χ0v) is 5.15. The van der Waals surface area contributed by atoms with Gasteiger partial charge in [-0.3, -0.25) is 4.99 Å². The highest BCUT2D eigenvalue weighted by molar-refractivity contribution is 5.99. The highest BCUT2D eigenvalue weighted by Gasteiger charge is 2.33. The maximum atomic E-state index is 10.4. The van der Waals surface area contributed by atoms with Gasteiger partial charge in [0.15, 0.2) is 0 Å². The van der Waals surface area contributed by atoms with Gasteiger partial charge in [-0.25, -0.2) is 4.79 Å². The fourth-order valence-corrected chi connectivity index (χ4v) is 0.486. The van der Waals surface area contributed by atoms with Gasteiger partial charge in [-0.1, -0.05) is 0 Å². The van der Waals surface area contributed by atoms with Crippen LogP contribution in [-0.4, -0.2) is 22.9 Å². The predicted octanol–water partition coefficient (Wildman–Crippen LogP) is 0.216. The maximum Gasteiger partial charge on any atom is 0.353 e. The molecule has 0 saturated carbocycles. The zero-order chi connectivity index (χ0) is 7.61. The summed E-state index contributed by atoms with van der Waals surface area (Å²) in [6, 6.07) is 0. The second-order valence-corrected chi connectivity index (χ2v) is 1.88. The Kier molecular flexibility index (Phi) is 1.45. The number of aliphatic imine (C=N–C) groups is 1. The summed E-state index contributed by atoms with van der Waals surface area (Å²) in [7, 11) is 0. The number of carboxylic acid groups (broad SMARTS) is 1. The van der Waals surface area contributed by atoms with Crippen molar-refractivity contribution in [2.24, 2.45) is 4.99 Å². The Labute approximate surface area is 57.8 Å². The van der Waals surface area contributed by atoms with Crippen LogP contribution in [0.15, 0.2) is 17.5 Å². The first-order valence-electron chi connectivity index (χ1n) is 2.61. The number of carbonyl (C=O) groups is 1. The molecule has 0 bridgehead atoms. The summed E-state index contributed by atoms with van der Waals surface area (Å²) in [5.41, 5.74) is -1.53. The van der Waals surface area contributed by atoms with Crippen LogP contribution in [0, 0.1) is 6.92 Å². The van der Waals surface area contributed by atoms with Crippen molar-refractivity contribution >= 4 is 12.2 Å². The van der Waals surface area contributed by atoms with Crippen molar-refractivity contribution < 1.29 is 14.6 Å². The Hall–Kier alpha value is -1.32. The molecule has 0 aromatic carbocycles. The van der Waals surface area contributed by atoms with Crippen LogP contribution in [0.1, 0.15) is 0 Å². The maximum absolute atomic E-state index is 10.4. The lowest BCUT2D eigenvalue weighted by Gasteiger charge is -2.20. The molecule has 1 unspecified atom stereocenters. The summed E-state index contributed by atoms with van der Waals surface area (Å²) >= 11 is 0. The van der Waals surface area contributed by atoms with Crippen molar-refractivity contribution in [1.29, 1.82) is 0 Å². The normalized spacial score (nSPS) is 29.7. The van der Waals surface area contributed by atoms with Gasteiger partial charge in [-0.05, 0) is 0 Å². The monoisotopic (exact) mass is 140 g/mol. The van der Waals surface area contributed by atoms with Gasteiger partial charge in [0.05, 0.1) is 12.4 Å². The molecule has 0 saturated heterocycles. The van der Waals surface area contributed by atoms with Crippen LogP contribution >= 0.6 is 0 Å². The van der Waals surface area contributed by atoms with Gasteiger partial charge in [0.2, 0.25) is 5.60 Å². The van der Waals surface area contributed by atoms with Gasteiger partial charge in [0, 0.05) is 6.92 Å². The van der Waals surface area contributed by atoms with E-state index in [1.165, 1.54) is 12.5 Å². The molecule has 1 radical (unpaired) electrons. The Balaban J connectivity index is 2.80. The molecule has 4 nitrogen and oxygen atoms in total. The fourth-order valence-electron chi connectivity index (χ4n) is 0.486. The Morgan fingerprint density at radius 2 is 2.50 bits per heavy atom. The lowest BCUT2D eigenvalue weighted by Crippen LogP contribution is -2.39. The zero-order valence-electron chi connectivity index (χ0n) is 5.15. The van der Waals surface area contributed by atoms with Crippen molar-refractivity contribution in [2.45, 2.75) is 5.60 Å². The summed E-state index contributed by atoms with van der Waals surface area (Å²) in [6.07, 6.45) is 3.68. The lowest BCUT2D eigenvalue weighted by atomic mass is 10.1. The topological polar surface area (TPSA) is 58.9 Å². The van der Waals surface area contributed by atoms with E-state index in [0.29, 0.717) is 0 Å². The average Bonchev–Trinajstić information content (AvgIpc) is 1.89. The van der Waals surface area contributed by atoms with E-state index in [1.807, 2.05) is 0 Å². The minimum atomic E-state index is -1.53. The van der Waals surface area contributed by atoms with E-state index in [0.717, 1.165) is 6.21 Å². The molecule has 10 heavy (non-hydrogen) atoms. The number of hydrogen-bond donors (Lipinski definition) is 1. The van der Waals surface area contributed by atoms with E-state index in [-0.39, 0.29) is 0 Å². The van der Waals surface area contributed by atoms with Gasteiger partial charge in [-0.15, -0.1) is 0 Å². The number of nitrogens with zero attached hydrogens (tertiary/aromatic N) is 1. The van der Waals surface area contributed by atoms with Crippen LogP contribution in [0.3, 0.4) is 0 Å². The average molecular weight is 140 g/mol. The molecule has 53 valence electrons. The SMILES string of the molecule is [CH2]C1(C(=O)O)C=NC=CO1. The van der Waals surface area contributed by atoms with Gasteiger partial charge in [-0.2, -0.15) is 0 Å². The molecule has 0 aromatic heterocycles. The lowest BCUT2D eigenvalue weighted by molar-refractivity contribution is -0.148. The van der Waals surface area contributed by atoms with E-state index in [1.54, 1.807) is 0 Å². The first-order valence-corrected chi connectivity index (χ1v) is 2.61. The van der Waals surface area contributed by atoms with Crippen LogP contribution in [0.2, 0.25) is 0 Å². The second-order valence-electron chi connectivity index (χ2n) is 1.88. The van der Waals surface area contributed by atoms with E-state index in [2.05, 4.69) is 16.7 Å². The Morgan fingerprint density at radius 3 is 2.80 bits per heavy atom. The number of rotatable bonds is 1. The minimum Gasteiger partial charge on any atom is -0.478 e. The van der Waals surface area contributed by atoms with Crippen molar-refractivity contribution in [1.82, 2.24) is 0 Å². The molecular weight excluding hydrogens is 134 g/mol. The van der Waals surface area contributed by atoms with Crippen LogP contribution in [0.4, 0.5) is 0 Å². The van der Waals surface area contributed by atoms with Crippen molar-refractivity contribution in [3.63, 3.8) is 0 Å². The van der Waals surface area contributed by atoms with E-state index < -0.39 is 11.6 Å². The van der Waals surface area contributed by atoms with Crippen molar-refractivity contribution in [3.8, 4) is 0 Å². The number of hydrogen-bond acceptors (Lipinski definition) is 3. The molecule has 1 N–H and O–H groups in total. The Bertz CT molecular complexity index is 209. The number of carboxylic acids is 1. The molecule has 4 heteroatoms. The Morgan fingerprint density at radius 1 is 1.80 bits per heavy atom. The molecular formula is C6H6NO3. The smallest absolute Gasteiger partial charge is 0.353 e. The van der Waals surface area contributed by atoms with Crippen LogP contribution < -0.4 is 0 Å². The number of ether oxygens (including phenoxy) is 1. The molecule has 0 aromatic rings. The quantitative estimate of drug-likeness (QED) is 0.566. The van der Waals surface area contributed by atoms with Gasteiger partial charge in [0.25, 0.3) is 0 Å².